The molecule has 0 unspecified atom stereocenters. The minimum atomic E-state index is -1.05. The van der Waals surface area contributed by atoms with Crippen LogP contribution < -0.4 is 0 Å². The second-order valence-corrected chi connectivity index (χ2v) is 3.84. The highest BCUT2D eigenvalue weighted by atomic mass is 16.5. The summed E-state index contributed by atoms with van der Waals surface area (Å²) in [5, 5.41) is 8.51. The summed E-state index contributed by atoms with van der Waals surface area (Å²) >= 11 is 0. The molecule has 0 heterocycles. The molecule has 0 radical (unpaired) electrons. The summed E-state index contributed by atoms with van der Waals surface area (Å²) in [6.45, 7) is 12.6. The number of hydrogen-bond acceptors (Lipinski definition) is 2. The lowest BCUT2D eigenvalue weighted by Crippen LogP contribution is -2.17. The van der Waals surface area contributed by atoms with Crippen molar-refractivity contribution in [1.82, 2.24) is 0 Å². The summed E-state index contributed by atoms with van der Waals surface area (Å²) < 4.78 is 5.35. The highest BCUT2D eigenvalue weighted by Gasteiger charge is 2.10. The first-order valence-electron chi connectivity index (χ1n) is 4.20. The molecule has 3 heteroatoms. The molecule has 0 aliphatic rings. The van der Waals surface area contributed by atoms with Gasteiger partial charge in [-0.25, -0.2) is 4.79 Å². The monoisotopic (exact) mass is 212 g/mol. The van der Waals surface area contributed by atoms with E-state index in [2.05, 4.69) is 13.2 Å². The highest BCUT2D eigenvalue weighted by Crippen LogP contribution is 2.13. The van der Waals surface area contributed by atoms with Gasteiger partial charge in [0.25, 0.3) is 0 Å². The molecule has 0 atom stereocenters. The Bertz CT molecular complexity index is 280. The van der Waals surface area contributed by atoms with E-state index in [1.807, 2.05) is 20.8 Å². The fraction of sp³-hybridized carbons (Fsp3) is 0.417. The zero-order valence-electron chi connectivity index (χ0n) is 8.83. The average Bonchev–Trinajstić information content (AvgIpc) is 1.96. The summed E-state index contributed by atoms with van der Waals surface area (Å²) in [7, 11) is 0. The van der Waals surface area contributed by atoms with Gasteiger partial charge in [-0.15, -0.1) is 0 Å². The van der Waals surface area contributed by atoms with Crippen molar-refractivity contribution in [1.29, 1.82) is 0 Å². The Morgan fingerprint density at radius 1 is 1.27 bits per heavy atom. The summed E-state index contributed by atoms with van der Waals surface area (Å²) in [6.07, 6.45) is 2.85. The maximum atomic E-state index is 10.4. The van der Waals surface area contributed by atoms with Crippen LogP contribution in [-0.2, 0) is 9.53 Å². The molecule has 0 fully saturated rings. The van der Waals surface area contributed by atoms with E-state index < -0.39 is 5.97 Å². The van der Waals surface area contributed by atoms with Gasteiger partial charge in [0.15, 0.2) is 0 Å². The van der Waals surface area contributed by atoms with E-state index in [-0.39, 0.29) is 18.6 Å². The Hall–Kier alpha value is -1.51. The van der Waals surface area contributed by atoms with Gasteiger partial charge in [0.1, 0.15) is 11.4 Å². The summed E-state index contributed by atoms with van der Waals surface area (Å²) in [4.78, 5) is 10.4. The smallest absolute Gasteiger partial charge is 0.335 e. The van der Waals surface area contributed by atoms with Crippen molar-refractivity contribution in [2.24, 2.45) is 0 Å². The Labute approximate surface area is 91.8 Å². The van der Waals surface area contributed by atoms with Crippen molar-refractivity contribution >= 4 is 5.97 Å². The van der Waals surface area contributed by atoms with Crippen molar-refractivity contribution < 1.29 is 14.6 Å². The van der Waals surface area contributed by atoms with Crippen molar-refractivity contribution in [3.8, 4) is 0 Å². The molecule has 86 valence electrons. The Morgan fingerprint density at radius 2 is 1.73 bits per heavy atom. The molecule has 0 amide bonds. The van der Waals surface area contributed by atoms with Crippen LogP contribution in [0.15, 0.2) is 36.6 Å². The molecule has 0 bridgehead atoms. The first-order chi connectivity index (χ1) is 6.22. The molecule has 0 aliphatic heterocycles. The standard InChI is InChI=1S/C11H16O3.CH4/c1-8(10(12)13)6-7-9(2)14-11(3,4)5;/h6-7H,1-2H2,3-5H3,(H,12,13);1H4/b7-6-;. The van der Waals surface area contributed by atoms with E-state index in [1.54, 1.807) is 0 Å². The predicted octanol–water partition coefficient (Wildman–Crippen LogP) is 3.15. The van der Waals surface area contributed by atoms with Gasteiger partial charge in [0, 0.05) is 0 Å². The Morgan fingerprint density at radius 3 is 2.07 bits per heavy atom. The van der Waals surface area contributed by atoms with Crippen LogP contribution in [0.25, 0.3) is 0 Å². The van der Waals surface area contributed by atoms with Crippen LogP contribution in [0.5, 0.6) is 0 Å². The van der Waals surface area contributed by atoms with E-state index in [0.717, 1.165) is 0 Å². The molecular formula is C12H20O3. The van der Waals surface area contributed by atoms with Gasteiger partial charge >= 0.3 is 5.97 Å². The number of rotatable bonds is 4. The summed E-state index contributed by atoms with van der Waals surface area (Å²) in [5.41, 5.74) is -0.324. The fourth-order valence-corrected chi connectivity index (χ4v) is 0.692. The van der Waals surface area contributed by atoms with Crippen molar-refractivity contribution in [3.63, 3.8) is 0 Å². The molecule has 0 aromatic heterocycles. The van der Waals surface area contributed by atoms with Gasteiger partial charge < -0.3 is 9.84 Å². The Kier molecular flexibility index (Phi) is 6.44. The van der Waals surface area contributed by atoms with E-state index in [1.165, 1.54) is 12.2 Å². The number of carbonyl (C=O) groups is 1. The fourth-order valence-electron chi connectivity index (χ4n) is 0.692. The van der Waals surface area contributed by atoms with Crippen molar-refractivity contribution in [2.45, 2.75) is 33.8 Å². The zero-order valence-corrected chi connectivity index (χ0v) is 8.83. The zero-order chi connectivity index (χ0) is 11.4. The molecule has 0 aliphatic carbocycles. The maximum absolute atomic E-state index is 10.4. The number of carboxylic acids is 1. The first kappa shape index (κ1) is 15.9. The quantitative estimate of drug-likeness (QED) is 0.442. The molecule has 0 saturated heterocycles. The lowest BCUT2D eigenvalue weighted by atomic mass is 10.2. The first-order valence-corrected chi connectivity index (χ1v) is 4.20. The van der Waals surface area contributed by atoms with Crippen LogP contribution >= 0.6 is 0 Å². The molecule has 0 rings (SSSR count). The SMILES string of the molecule is C.C=C(/C=C\C(=C)C(=O)O)OC(C)(C)C. The topological polar surface area (TPSA) is 46.5 Å². The molecule has 0 aromatic carbocycles. The number of allylic oxidation sites excluding steroid dienone is 1. The number of carboxylic acid groups (broad SMARTS) is 1. The van der Waals surface area contributed by atoms with Crippen LogP contribution in [0.4, 0.5) is 0 Å². The van der Waals surface area contributed by atoms with Crippen LogP contribution in [0.3, 0.4) is 0 Å². The third kappa shape index (κ3) is 8.81. The number of aliphatic carboxylic acids is 1. The highest BCUT2D eigenvalue weighted by molar-refractivity contribution is 5.89. The Balaban J connectivity index is 0. The van der Waals surface area contributed by atoms with Crippen LogP contribution in [0.1, 0.15) is 28.2 Å². The maximum Gasteiger partial charge on any atom is 0.335 e. The molecule has 0 saturated carbocycles. The molecule has 15 heavy (non-hydrogen) atoms. The lowest BCUT2D eigenvalue weighted by molar-refractivity contribution is -0.132. The van der Waals surface area contributed by atoms with Crippen molar-refractivity contribution in [3.05, 3.63) is 36.6 Å². The van der Waals surface area contributed by atoms with Crippen LogP contribution in [0.2, 0.25) is 0 Å². The van der Waals surface area contributed by atoms with Crippen molar-refractivity contribution in [2.75, 3.05) is 0 Å². The van der Waals surface area contributed by atoms with Gasteiger partial charge in [-0.05, 0) is 32.9 Å². The minimum Gasteiger partial charge on any atom is -0.489 e. The second-order valence-electron chi connectivity index (χ2n) is 3.84. The van der Waals surface area contributed by atoms with Crippen LogP contribution in [0, 0.1) is 0 Å². The molecular weight excluding hydrogens is 192 g/mol. The van der Waals surface area contributed by atoms with E-state index in [9.17, 15) is 4.79 Å². The van der Waals surface area contributed by atoms with Gasteiger partial charge in [0.2, 0.25) is 0 Å². The third-order valence-electron chi connectivity index (χ3n) is 1.18. The largest absolute Gasteiger partial charge is 0.489 e. The summed E-state index contributed by atoms with van der Waals surface area (Å²) in [6, 6.07) is 0. The number of ether oxygens (including phenoxy) is 1. The van der Waals surface area contributed by atoms with E-state index in [0.29, 0.717) is 5.76 Å². The summed E-state index contributed by atoms with van der Waals surface area (Å²) in [5.74, 6) is -0.635. The molecule has 1 N–H and O–H groups in total. The van der Waals surface area contributed by atoms with Gasteiger partial charge in [-0.1, -0.05) is 20.6 Å². The minimum absolute atomic E-state index is 0. The molecule has 0 spiro atoms. The second kappa shape index (κ2) is 6.06. The van der Waals surface area contributed by atoms with Gasteiger partial charge in [-0.3, -0.25) is 0 Å². The third-order valence-corrected chi connectivity index (χ3v) is 1.18. The normalized spacial score (nSPS) is 10.6. The molecule has 3 nitrogen and oxygen atoms in total. The number of hydrogen-bond donors (Lipinski definition) is 1. The van der Waals surface area contributed by atoms with E-state index in [4.69, 9.17) is 9.84 Å². The van der Waals surface area contributed by atoms with Crippen LogP contribution in [-0.4, -0.2) is 16.7 Å². The average molecular weight is 212 g/mol. The lowest BCUT2D eigenvalue weighted by Gasteiger charge is -2.21. The van der Waals surface area contributed by atoms with Gasteiger partial charge in [0.05, 0.1) is 5.57 Å². The molecule has 0 aromatic rings. The van der Waals surface area contributed by atoms with Gasteiger partial charge in [-0.2, -0.15) is 0 Å². The predicted molar refractivity (Wildman–Crippen MR) is 62.6 cm³/mol. The van der Waals surface area contributed by atoms with E-state index >= 15 is 0 Å².